The number of fused-ring (bicyclic) bond motifs is 6. The molecular formula is C34H33ClN6O4. The summed E-state index contributed by atoms with van der Waals surface area (Å²) in [6, 6.07) is 7.23. The first-order valence-corrected chi connectivity index (χ1v) is 15.4. The molecule has 0 saturated carbocycles. The highest BCUT2D eigenvalue weighted by Gasteiger charge is 2.42. The van der Waals surface area contributed by atoms with E-state index in [0.29, 0.717) is 63.8 Å². The maximum Gasteiger partial charge on any atom is 0.417 e. The highest BCUT2D eigenvalue weighted by molar-refractivity contribution is 6.34. The summed E-state index contributed by atoms with van der Waals surface area (Å²) in [4.78, 5) is 56.3. The van der Waals surface area contributed by atoms with Crippen LogP contribution in [0, 0.1) is 13.8 Å². The average Bonchev–Trinajstić information content (AvgIpc) is 3.57. The molecule has 4 aromatic heterocycles. The topological polar surface area (TPSA) is 117 Å². The monoisotopic (exact) mass is 624 g/mol. The Bertz CT molecular complexity index is 2200. The fourth-order valence-corrected chi connectivity index (χ4v) is 7.30. The van der Waals surface area contributed by atoms with E-state index in [9.17, 15) is 14.4 Å². The van der Waals surface area contributed by atoms with Crippen LogP contribution in [-0.2, 0) is 11.2 Å². The minimum Gasteiger partial charge on any atom is -0.407 e. The van der Waals surface area contributed by atoms with Gasteiger partial charge in [0.25, 0.3) is 5.56 Å². The van der Waals surface area contributed by atoms with Crippen molar-refractivity contribution in [3.8, 4) is 16.9 Å². The van der Waals surface area contributed by atoms with E-state index < -0.39 is 5.76 Å². The first-order chi connectivity index (χ1) is 21.5. The van der Waals surface area contributed by atoms with Crippen LogP contribution >= 0.6 is 11.6 Å². The highest BCUT2D eigenvalue weighted by atomic mass is 35.5. The Labute approximate surface area is 264 Å². The number of carbonyl (C=O) groups excluding carboxylic acids is 1. The van der Waals surface area contributed by atoms with Crippen LogP contribution in [0.3, 0.4) is 0 Å². The summed E-state index contributed by atoms with van der Waals surface area (Å²) in [5.41, 5.74) is 6.73. The Kier molecular flexibility index (Phi) is 6.74. The van der Waals surface area contributed by atoms with Crippen molar-refractivity contribution in [1.29, 1.82) is 0 Å². The van der Waals surface area contributed by atoms with Gasteiger partial charge in [-0.05, 0) is 62.1 Å². The fourth-order valence-electron chi connectivity index (χ4n) is 7.05. The number of aromatic amines is 1. The lowest BCUT2D eigenvalue weighted by atomic mass is 10.0. The molecular weight excluding hydrogens is 592 g/mol. The van der Waals surface area contributed by atoms with Gasteiger partial charge in [0.05, 0.1) is 39.3 Å². The number of aryl methyl sites for hydroxylation is 2. The smallest absolute Gasteiger partial charge is 0.407 e. The molecule has 1 fully saturated rings. The van der Waals surface area contributed by atoms with Crippen LogP contribution < -0.4 is 16.2 Å². The SMILES string of the molecule is C=CC(=O)N1CC2Cc3c(c4cc(Cl)c(-c5c(C)ccc6[nH]c(=O)oc56)nc4n(-c4c(C)ccnc4C(C)C)c3=O)N2CC1C. The van der Waals surface area contributed by atoms with Crippen LogP contribution in [0.25, 0.3) is 39.1 Å². The van der Waals surface area contributed by atoms with Crippen molar-refractivity contribution in [2.75, 3.05) is 18.0 Å². The van der Waals surface area contributed by atoms with Crippen molar-refractivity contribution in [3.05, 3.63) is 91.4 Å². The lowest BCUT2D eigenvalue weighted by Gasteiger charge is -2.43. The molecule has 230 valence electrons. The van der Waals surface area contributed by atoms with E-state index in [1.54, 1.807) is 16.8 Å². The summed E-state index contributed by atoms with van der Waals surface area (Å²) in [6.45, 7) is 14.7. The number of pyridine rings is 3. The van der Waals surface area contributed by atoms with E-state index in [1.807, 2.05) is 57.7 Å². The summed E-state index contributed by atoms with van der Waals surface area (Å²) in [7, 11) is 0. The number of hydrogen-bond donors (Lipinski definition) is 1. The number of aromatic nitrogens is 4. The standard InChI is InChI=1S/C34H33ClN6O4/c1-7-25(42)39-15-20-12-22-30(40(20)14-19(39)6)21-13-23(35)28(26-17(4)8-9-24-31(26)45-34(44)37-24)38-32(21)41(33(22)43)29-18(5)10-11-36-27(29)16(2)3/h7-11,13,16,19-20H,1,12,14-15H2,2-6H3,(H,37,44). The van der Waals surface area contributed by atoms with E-state index in [0.717, 1.165) is 27.9 Å². The zero-order chi connectivity index (χ0) is 31.9. The molecule has 0 spiro atoms. The number of piperazine rings is 1. The van der Waals surface area contributed by atoms with E-state index in [1.165, 1.54) is 6.08 Å². The molecule has 0 radical (unpaired) electrons. The number of amides is 1. The summed E-state index contributed by atoms with van der Waals surface area (Å²) >= 11 is 7.08. The van der Waals surface area contributed by atoms with Crippen molar-refractivity contribution in [2.45, 2.75) is 59.0 Å². The minimum atomic E-state index is -0.578. The van der Waals surface area contributed by atoms with Gasteiger partial charge in [0.15, 0.2) is 5.58 Å². The third kappa shape index (κ3) is 4.34. The molecule has 11 heteroatoms. The van der Waals surface area contributed by atoms with Crippen LogP contribution in [0.1, 0.15) is 49.1 Å². The average molecular weight is 625 g/mol. The van der Waals surface area contributed by atoms with Crippen molar-refractivity contribution < 1.29 is 9.21 Å². The predicted molar refractivity (Wildman–Crippen MR) is 176 cm³/mol. The third-order valence-electron chi connectivity index (χ3n) is 9.15. The van der Waals surface area contributed by atoms with Gasteiger partial charge in [0, 0.05) is 48.3 Å². The second kappa shape index (κ2) is 10.4. The summed E-state index contributed by atoms with van der Waals surface area (Å²) in [6.07, 6.45) is 3.57. The molecule has 2 aliphatic heterocycles. The second-order valence-corrected chi connectivity index (χ2v) is 12.8. The van der Waals surface area contributed by atoms with Gasteiger partial charge in [-0.3, -0.25) is 24.1 Å². The molecule has 2 atom stereocenters. The Morgan fingerprint density at radius 3 is 2.67 bits per heavy atom. The Morgan fingerprint density at radius 2 is 1.93 bits per heavy atom. The zero-order valence-electron chi connectivity index (χ0n) is 25.8. The number of rotatable bonds is 4. The largest absolute Gasteiger partial charge is 0.417 e. The summed E-state index contributed by atoms with van der Waals surface area (Å²) in [5.74, 6) is -0.675. The summed E-state index contributed by atoms with van der Waals surface area (Å²) < 4.78 is 7.25. The number of H-pyrrole nitrogens is 1. The van der Waals surface area contributed by atoms with Gasteiger partial charge in [0.1, 0.15) is 5.65 Å². The predicted octanol–water partition coefficient (Wildman–Crippen LogP) is 5.42. The number of hydrogen-bond acceptors (Lipinski definition) is 7. The quantitative estimate of drug-likeness (QED) is 0.265. The van der Waals surface area contributed by atoms with E-state index in [-0.39, 0.29) is 29.5 Å². The molecule has 1 amide bonds. The molecule has 7 rings (SSSR count). The van der Waals surface area contributed by atoms with Crippen LogP contribution in [-0.4, -0.2) is 55.5 Å². The Balaban J connectivity index is 1.57. The number of carbonyl (C=O) groups is 1. The minimum absolute atomic E-state index is 0.0256. The maximum absolute atomic E-state index is 14.8. The lowest BCUT2D eigenvalue weighted by molar-refractivity contribution is -0.128. The normalized spacial score (nSPS) is 17.8. The first-order valence-electron chi connectivity index (χ1n) is 15.1. The van der Waals surface area contributed by atoms with E-state index >= 15 is 0 Å². The fraction of sp³-hybridized carbons (Fsp3) is 0.324. The lowest BCUT2D eigenvalue weighted by Crippen LogP contribution is -2.57. The first kappa shape index (κ1) is 29.0. The van der Waals surface area contributed by atoms with Gasteiger partial charge in [-0.25, -0.2) is 9.78 Å². The number of benzene rings is 1. The van der Waals surface area contributed by atoms with Crippen molar-refractivity contribution in [3.63, 3.8) is 0 Å². The number of nitrogens with one attached hydrogen (secondary N) is 1. The Morgan fingerprint density at radius 1 is 1.16 bits per heavy atom. The van der Waals surface area contributed by atoms with Crippen LogP contribution in [0.2, 0.25) is 5.02 Å². The van der Waals surface area contributed by atoms with Gasteiger partial charge in [-0.2, -0.15) is 0 Å². The second-order valence-electron chi connectivity index (χ2n) is 12.4. The highest BCUT2D eigenvalue weighted by Crippen LogP contribution is 2.43. The van der Waals surface area contributed by atoms with Gasteiger partial charge < -0.3 is 14.2 Å². The van der Waals surface area contributed by atoms with E-state index in [4.69, 9.17) is 26.0 Å². The van der Waals surface area contributed by atoms with Crippen LogP contribution in [0.5, 0.6) is 0 Å². The Hall–Kier alpha value is -4.70. The molecule has 2 unspecified atom stereocenters. The number of nitrogens with zero attached hydrogens (tertiary/aromatic N) is 5. The maximum atomic E-state index is 14.8. The van der Waals surface area contributed by atoms with Crippen molar-refractivity contribution in [1.82, 2.24) is 24.4 Å². The molecule has 1 aromatic carbocycles. The molecule has 2 aliphatic rings. The van der Waals surface area contributed by atoms with Gasteiger partial charge >= 0.3 is 5.76 Å². The zero-order valence-corrected chi connectivity index (χ0v) is 26.5. The molecule has 1 saturated heterocycles. The van der Waals surface area contributed by atoms with Gasteiger partial charge in [0.2, 0.25) is 5.91 Å². The number of oxazole rings is 1. The molecule has 10 nitrogen and oxygen atoms in total. The van der Waals surface area contributed by atoms with Crippen molar-refractivity contribution in [2.24, 2.45) is 0 Å². The van der Waals surface area contributed by atoms with Crippen LogP contribution in [0.15, 0.2) is 57.1 Å². The van der Waals surface area contributed by atoms with Gasteiger partial charge in [-0.15, -0.1) is 0 Å². The number of anilines is 1. The molecule has 1 N–H and O–H groups in total. The van der Waals surface area contributed by atoms with Crippen LogP contribution in [0.4, 0.5) is 5.69 Å². The molecule has 6 heterocycles. The van der Waals surface area contributed by atoms with Gasteiger partial charge in [-0.1, -0.05) is 38.1 Å². The van der Waals surface area contributed by atoms with E-state index in [2.05, 4.69) is 16.5 Å². The third-order valence-corrected chi connectivity index (χ3v) is 9.44. The molecule has 5 aromatic rings. The molecule has 0 aliphatic carbocycles. The number of halogens is 1. The van der Waals surface area contributed by atoms with Crippen molar-refractivity contribution >= 4 is 45.3 Å². The summed E-state index contributed by atoms with van der Waals surface area (Å²) in [5, 5.41) is 1.09. The molecule has 0 bridgehead atoms. The molecule has 45 heavy (non-hydrogen) atoms.